The second-order valence-corrected chi connectivity index (χ2v) is 3.12. The van der Waals surface area contributed by atoms with Gasteiger partial charge in [0.15, 0.2) is 0 Å². The normalized spacial score (nSPS) is 9.40. The summed E-state index contributed by atoms with van der Waals surface area (Å²) in [7, 11) is 0. The Bertz CT molecular complexity index is 264. The summed E-state index contributed by atoms with van der Waals surface area (Å²) in [4.78, 5) is 0.375. The smallest absolute Gasteiger partial charge is 0.207 e. The van der Waals surface area contributed by atoms with E-state index in [2.05, 4.69) is 15.9 Å². The van der Waals surface area contributed by atoms with Crippen molar-refractivity contribution in [2.24, 2.45) is 0 Å². The van der Waals surface area contributed by atoms with Crippen molar-refractivity contribution in [2.75, 3.05) is 0 Å². The van der Waals surface area contributed by atoms with E-state index < -0.39 is 0 Å². The molecule has 1 aromatic carbocycles. The molecule has 0 saturated heterocycles. The van der Waals surface area contributed by atoms with Gasteiger partial charge in [0.25, 0.3) is 0 Å². The van der Waals surface area contributed by atoms with E-state index >= 15 is 0 Å². The zero-order chi connectivity index (χ0) is 7.56. The minimum Gasteiger partial charge on any atom is -0.207 e. The summed E-state index contributed by atoms with van der Waals surface area (Å²) in [5.41, 5.74) is 0. The highest BCUT2D eigenvalue weighted by Gasteiger charge is 2.12. The first-order valence-electron chi connectivity index (χ1n) is 2.49. The Morgan fingerprint density at radius 3 is 2.70 bits per heavy atom. The maximum Gasteiger partial charge on any atom is 0.506 e. The average molecular weight is 222 g/mol. The standard InChI is InChI=1S/C6H3BrFOS/c7-5-2-1-4(8)3-6(5)10-9/h1-3H/q+1. The van der Waals surface area contributed by atoms with Crippen molar-refractivity contribution in [3.8, 4) is 0 Å². The zero-order valence-corrected chi connectivity index (χ0v) is 7.21. The van der Waals surface area contributed by atoms with Crippen molar-refractivity contribution in [2.45, 2.75) is 4.90 Å². The third-order valence-electron chi connectivity index (χ3n) is 0.983. The Morgan fingerprint density at radius 2 is 2.20 bits per heavy atom. The molecule has 0 aliphatic heterocycles. The molecule has 0 amide bonds. The second-order valence-electron chi connectivity index (χ2n) is 1.66. The minimum absolute atomic E-state index is 0.273. The lowest BCUT2D eigenvalue weighted by molar-refractivity contribution is 0.601. The van der Waals surface area contributed by atoms with Crippen LogP contribution in [-0.2, 0) is 15.9 Å². The summed E-state index contributed by atoms with van der Waals surface area (Å²) in [6.45, 7) is 0. The zero-order valence-electron chi connectivity index (χ0n) is 4.80. The fraction of sp³-hybridized carbons (Fsp3) is 0. The van der Waals surface area contributed by atoms with Crippen molar-refractivity contribution >= 4 is 27.6 Å². The molecule has 1 aromatic rings. The number of hydrogen-bond donors (Lipinski definition) is 0. The van der Waals surface area contributed by atoms with Gasteiger partial charge < -0.3 is 0 Å². The summed E-state index contributed by atoms with van der Waals surface area (Å²) >= 11 is 3.38. The van der Waals surface area contributed by atoms with Gasteiger partial charge in [0, 0.05) is 10.3 Å². The summed E-state index contributed by atoms with van der Waals surface area (Å²) in [5, 5.41) is 0. The van der Waals surface area contributed by atoms with Crippen LogP contribution in [0.4, 0.5) is 4.39 Å². The molecule has 0 heterocycles. The van der Waals surface area contributed by atoms with Gasteiger partial charge in [-0.05, 0) is 28.1 Å². The molecule has 1 rings (SSSR count). The molecule has 4 heteroatoms. The van der Waals surface area contributed by atoms with Crippen LogP contribution < -0.4 is 0 Å². The third-order valence-corrected chi connectivity index (χ3v) is 2.45. The van der Waals surface area contributed by atoms with E-state index in [4.69, 9.17) is 0 Å². The Morgan fingerprint density at radius 1 is 1.50 bits per heavy atom. The summed E-state index contributed by atoms with van der Waals surface area (Å²) < 4.78 is 23.2. The first kappa shape index (κ1) is 7.75. The molecule has 0 saturated carbocycles. The van der Waals surface area contributed by atoms with E-state index in [0.29, 0.717) is 9.37 Å². The van der Waals surface area contributed by atoms with Gasteiger partial charge in [0.2, 0.25) is 0 Å². The molecule has 1 nitrogen and oxygen atoms in total. The SMILES string of the molecule is O=[S+]c1cc(F)ccc1Br. The number of rotatable bonds is 1. The van der Waals surface area contributed by atoms with Gasteiger partial charge in [-0.1, -0.05) is 0 Å². The predicted molar refractivity (Wildman–Crippen MR) is 40.4 cm³/mol. The highest BCUT2D eigenvalue weighted by atomic mass is 79.9. The molecule has 0 fully saturated rings. The van der Waals surface area contributed by atoms with E-state index in [1.165, 1.54) is 18.2 Å². The highest BCUT2D eigenvalue weighted by molar-refractivity contribution is 9.10. The van der Waals surface area contributed by atoms with Gasteiger partial charge in [-0.3, -0.25) is 0 Å². The molecule has 0 spiro atoms. The summed E-state index contributed by atoms with van der Waals surface area (Å²) in [6.07, 6.45) is 0. The minimum atomic E-state index is -0.387. The molecule has 0 aliphatic rings. The molecule has 0 atom stereocenters. The molecule has 10 heavy (non-hydrogen) atoms. The van der Waals surface area contributed by atoms with Crippen molar-refractivity contribution in [1.29, 1.82) is 0 Å². The van der Waals surface area contributed by atoms with Crippen LogP contribution in [-0.4, -0.2) is 0 Å². The predicted octanol–water partition coefficient (Wildman–Crippen LogP) is 2.38. The van der Waals surface area contributed by atoms with Crippen LogP contribution in [0.2, 0.25) is 0 Å². The molecular formula is C6H3BrFOS+. The van der Waals surface area contributed by atoms with Crippen LogP contribution in [0.25, 0.3) is 0 Å². The molecule has 0 bridgehead atoms. The lowest BCUT2D eigenvalue weighted by Gasteiger charge is -1.84. The molecule has 0 N–H and O–H groups in total. The Hall–Kier alpha value is -0.350. The van der Waals surface area contributed by atoms with Crippen molar-refractivity contribution in [1.82, 2.24) is 0 Å². The lowest BCUT2D eigenvalue weighted by Crippen LogP contribution is -1.78. The summed E-state index contributed by atoms with van der Waals surface area (Å²) in [5.74, 6) is -0.387. The van der Waals surface area contributed by atoms with Gasteiger partial charge in [0.05, 0.1) is 4.47 Å². The van der Waals surface area contributed by atoms with Gasteiger partial charge in [0.1, 0.15) is 5.82 Å². The van der Waals surface area contributed by atoms with Gasteiger partial charge in [-0.2, -0.15) is 0 Å². The molecule has 0 unspecified atom stereocenters. The maximum atomic E-state index is 12.4. The van der Waals surface area contributed by atoms with Crippen LogP contribution in [0.3, 0.4) is 0 Å². The average Bonchev–Trinajstić information content (AvgIpc) is 1.94. The molecule has 52 valence electrons. The van der Waals surface area contributed by atoms with E-state index in [1.807, 2.05) is 0 Å². The van der Waals surface area contributed by atoms with Gasteiger partial charge >= 0.3 is 16.6 Å². The largest absolute Gasteiger partial charge is 0.506 e. The van der Waals surface area contributed by atoms with Crippen LogP contribution in [0.1, 0.15) is 0 Å². The Balaban J connectivity index is 3.21. The van der Waals surface area contributed by atoms with Gasteiger partial charge in [-0.15, -0.1) is 0 Å². The molecule has 0 aliphatic carbocycles. The Labute approximate surface area is 69.9 Å². The fourth-order valence-corrected chi connectivity index (χ4v) is 1.29. The van der Waals surface area contributed by atoms with E-state index in [-0.39, 0.29) is 17.5 Å². The van der Waals surface area contributed by atoms with E-state index in [0.717, 1.165) is 0 Å². The van der Waals surface area contributed by atoms with Crippen LogP contribution >= 0.6 is 15.9 Å². The van der Waals surface area contributed by atoms with Crippen LogP contribution in [0.15, 0.2) is 27.6 Å². The molecule has 0 radical (unpaired) electrons. The number of hydrogen-bond acceptors (Lipinski definition) is 1. The maximum absolute atomic E-state index is 12.4. The van der Waals surface area contributed by atoms with E-state index in [9.17, 15) is 8.60 Å². The lowest BCUT2D eigenvalue weighted by atomic mass is 10.3. The van der Waals surface area contributed by atoms with Crippen molar-refractivity contribution in [3.05, 3.63) is 28.5 Å². The number of benzene rings is 1. The fourth-order valence-electron chi connectivity index (χ4n) is 0.541. The second kappa shape index (κ2) is 3.16. The first-order chi connectivity index (χ1) is 4.74. The number of halogens is 2. The van der Waals surface area contributed by atoms with Crippen molar-refractivity contribution in [3.63, 3.8) is 0 Å². The highest BCUT2D eigenvalue weighted by Crippen LogP contribution is 2.17. The third kappa shape index (κ3) is 1.58. The summed E-state index contributed by atoms with van der Waals surface area (Å²) in [6, 6.07) is 4.00. The van der Waals surface area contributed by atoms with Gasteiger partial charge in [-0.25, -0.2) is 4.39 Å². The first-order valence-corrected chi connectivity index (χ1v) is 4.02. The van der Waals surface area contributed by atoms with Crippen molar-refractivity contribution < 1.29 is 8.60 Å². The van der Waals surface area contributed by atoms with Crippen LogP contribution in [0, 0.1) is 5.82 Å². The molecule has 0 aromatic heterocycles. The topological polar surface area (TPSA) is 17.1 Å². The monoisotopic (exact) mass is 221 g/mol. The Kier molecular flexibility index (Phi) is 2.45. The quantitative estimate of drug-likeness (QED) is 0.666. The van der Waals surface area contributed by atoms with Crippen LogP contribution in [0.5, 0.6) is 0 Å². The molecular weight excluding hydrogens is 219 g/mol. The van der Waals surface area contributed by atoms with E-state index in [1.54, 1.807) is 0 Å².